The predicted octanol–water partition coefficient (Wildman–Crippen LogP) is 5.69. The van der Waals surface area contributed by atoms with E-state index in [4.69, 9.17) is 17.0 Å². The van der Waals surface area contributed by atoms with Crippen LogP contribution in [0.1, 0.15) is 49.9 Å². The van der Waals surface area contributed by atoms with E-state index in [1.54, 1.807) is 0 Å². The van der Waals surface area contributed by atoms with E-state index in [0.29, 0.717) is 6.07 Å². The number of methoxy groups -OCH3 is 1. The van der Waals surface area contributed by atoms with E-state index in [2.05, 4.69) is 21.9 Å². The number of hydrogen-bond acceptors (Lipinski definition) is 5. The molecule has 0 heterocycles. The van der Waals surface area contributed by atoms with Gasteiger partial charge in [0.15, 0.2) is 0 Å². The van der Waals surface area contributed by atoms with E-state index in [1.165, 1.54) is 31.2 Å². The van der Waals surface area contributed by atoms with E-state index >= 15 is 0 Å². The van der Waals surface area contributed by atoms with Crippen LogP contribution in [0.25, 0.3) is 0 Å². The Morgan fingerprint density at radius 3 is 2.39 bits per heavy atom. The Hall–Kier alpha value is -4.20. The van der Waals surface area contributed by atoms with Gasteiger partial charge in [-0.15, -0.1) is 0 Å². The minimum absolute atomic E-state index is 0.0636. The van der Waals surface area contributed by atoms with Crippen LogP contribution in [-0.2, 0) is 10.9 Å². The molecule has 0 saturated carbocycles. The van der Waals surface area contributed by atoms with Crippen LogP contribution in [0.2, 0.25) is 5.02 Å². The summed E-state index contributed by atoms with van der Waals surface area (Å²) in [5.41, 5.74) is -2.90. The highest BCUT2D eigenvalue weighted by atomic mass is 35.5. The fourth-order valence-electron chi connectivity index (χ4n) is 3.41. The van der Waals surface area contributed by atoms with Gasteiger partial charge in [-0.2, -0.15) is 13.2 Å². The number of amides is 1. The summed E-state index contributed by atoms with van der Waals surface area (Å²) < 4.78 is 60.1. The van der Waals surface area contributed by atoms with Crippen molar-refractivity contribution < 1.29 is 37.0 Å². The lowest BCUT2D eigenvalue weighted by Crippen LogP contribution is -2.21. The number of esters is 1. The zero-order valence-electron chi connectivity index (χ0n) is 19.8. The van der Waals surface area contributed by atoms with Gasteiger partial charge < -0.3 is 15.2 Å². The summed E-state index contributed by atoms with van der Waals surface area (Å²) in [7, 11) is 1.12. The molecule has 38 heavy (non-hydrogen) atoms. The topological polar surface area (TPSA) is 99.5 Å². The average molecular weight is 547 g/mol. The van der Waals surface area contributed by atoms with Gasteiger partial charge in [0, 0.05) is 16.7 Å². The van der Waals surface area contributed by atoms with E-state index in [1.807, 2.05) is 0 Å². The molecule has 3 aromatic carbocycles. The highest BCUT2D eigenvalue weighted by Crippen LogP contribution is 2.35. The van der Waals surface area contributed by atoms with Crippen LogP contribution in [0, 0.1) is 23.1 Å². The molecule has 0 radical (unpaired) electrons. The number of hydrogen-bond donors (Lipinski definition) is 3. The number of rotatable bonds is 5. The number of benzene rings is 3. The van der Waals surface area contributed by atoms with Gasteiger partial charge in [0.1, 0.15) is 11.9 Å². The zero-order chi connectivity index (χ0) is 28.2. The van der Waals surface area contributed by atoms with Crippen LogP contribution < -0.4 is 5.32 Å². The van der Waals surface area contributed by atoms with E-state index in [0.717, 1.165) is 31.4 Å². The highest BCUT2D eigenvalue weighted by molar-refractivity contribution is 6.34. The Labute approximate surface area is 219 Å². The first-order chi connectivity index (χ1) is 17.8. The third kappa shape index (κ3) is 6.37. The van der Waals surface area contributed by atoms with Crippen LogP contribution in [0.4, 0.5) is 23.2 Å². The van der Waals surface area contributed by atoms with Crippen LogP contribution in [0.5, 0.6) is 0 Å². The van der Waals surface area contributed by atoms with Crippen molar-refractivity contribution in [2.75, 3.05) is 12.4 Å². The molecule has 1 atom stereocenters. The van der Waals surface area contributed by atoms with E-state index < -0.39 is 51.8 Å². The largest absolute Gasteiger partial charge is 0.465 e. The molecular weight excluding hydrogens is 528 g/mol. The molecule has 0 bridgehead atoms. The predicted molar refractivity (Wildman–Crippen MR) is 133 cm³/mol. The second-order valence-electron chi connectivity index (χ2n) is 7.88. The second kappa shape index (κ2) is 11.5. The van der Waals surface area contributed by atoms with Crippen molar-refractivity contribution in [1.82, 2.24) is 0 Å². The van der Waals surface area contributed by atoms with E-state index in [-0.39, 0.29) is 27.9 Å². The molecule has 3 rings (SSSR count). The molecule has 11 heteroatoms. The fourth-order valence-corrected chi connectivity index (χ4v) is 3.68. The fraction of sp³-hybridized carbons (Fsp3) is 0.148. The first-order valence-electron chi connectivity index (χ1n) is 10.8. The van der Waals surface area contributed by atoms with Crippen molar-refractivity contribution in [1.29, 1.82) is 5.41 Å². The molecule has 0 saturated heterocycles. The third-order valence-corrected chi connectivity index (χ3v) is 5.48. The molecule has 6 nitrogen and oxygen atoms in total. The molecule has 1 unspecified atom stereocenters. The van der Waals surface area contributed by atoms with Gasteiger partial charge in [-0.3, -0.25) is 10.2 Å². The molecule has 0 spiro atoms. The maximum absolute atomic E-state index is 14.8. The monoisotopic (exact) mass is 546 g/mol. The van der Waals surface area contributed by atoms with Crippen molar-refractivity contribution in [2.45, 2.75) is 19.2 Å². The standard InChI is InChI=1S/C27H19ClF4N2O4/c1-14(35)6-7-15-8-10-18(24(33)17-11-9-16(13-21(17)29)26(37)38-2)22(12-15)34-25(36)23-19(27(30,31)32)4-3-5-20(23)28/h3-5,8-14,33,35H,1-2H3,(H,34,36). The van der Waals surface area contributed by atoms with Gasteiger partial charge in [0.25, 0.3) is 5.91 Å². The van der Waals surface area contributed by atoms with Gasteiger partial charge >= 0.3 is 12.1 Å². The Morgan fingerprint density at radius 1 is 1.11 bits per heavy atom. The first kappa shape index (κ1) is 28.4. The Balaban J connectivity index is 2.12. The molecule has 0 aliphatic carbocycles. The second-order valence-corrected chi connectivity index (χ2v) is 8.29. The summed E-state index contributed by atoms with van der Waals surface area (Å²) in [4.78, 5) is 24.7. The normalized spacial score (nSPS) is 11.7. The van der Waals surface area contributed by atoms with E-state index in [9.17, 15) is 32.3 Å². The Kier molecular flexibility index (Phi) is 8.56. The maximum Gasteiger partial charge on any atom is 0.417 e. The lowest BCUT2D eigenvalue weighted by molar-refractivity contribution is -0.137. The minimum Gasteiger partial charge on any atom is -0.465 e. The molecule has 1 amide bonds. The SMILES string of the molecule is COC(=O)c1ccc(C(=N)c2ccc(C#CC(C)O)cc2NC(=O)c2c(Cl)cccc2C(F)(F)F)c(F)c1. The van der Waals surface area contributed by atoms with Crippen LogP contribution in [-0.4, -0.2) is 35.9 Å². The van der Waals surface area contributed by atoms with Crippen molar-refractivity contribution in [3.63, 3.8) is 0 Å². The summed E-state index contributed by atoms with van der Waals surface area (Å²) >= 11 is 5.94. The summed E-state index contributed by atoms with van der Waals surface area (Å²) in [6.45, 7) is 1.41. The molecule has 0 fully saturated rings. The van der Waals surface area contributed by atoms with Crippen molar-refractivity contribution >= 4 is 34.9 Å². The number of carbonyl (C=O) groups is 2. The number of aliphatic hydroxyl groups excluding tert-OH is 1. The summed E-state index contributed by atoms with van der Waals surface area (Å²) in [6, 6.07) is 10.1. The third-order valence-electron chi connectivity index (χ3n) is 5.17. The lowest BCUT2D eigenvalue weighted by atomic mass is 9.97. The van der Waals surface area contributed by atoms with Gasteiger partial charge in [-0.05, 0) is 55.5 Å². The first-order valence-corrected chi connectivity index (χ1v) is 11.2. The molecule has 3 aromatic rings. The molecular formula is C27H19ClF4N2O4. The molecule has 3 N–H and O–H groups in total. The number of aliphatic hydroxyl groups is 1. The summed E-state index contributed by atoms with van der Waals surface area (Å²) in [6.07, 6.45) is -5.88. The lowest BCUT2D eigenvalue weighted by Gasteiger charge is -2.17. The van der Waals surface area contributed by atoms with Crippen LogP contribution in [0.3, 0.4) is 0 Å². The van der Waals surface area contributed by atoms with Gasteiger partial charge in [0.2, 0.25) is 0 Å². The quantitative estimate of drug-likeness (QED) is 0.166. The van der Waals surface area contributed by atoms with Crippen molar-refractivity contribution in [3.8, 4) is 11.8 Å². The average Bonchev–Trinajstić information content (AvgIpc) is 2.85. The van der Waals surface area contributed by atoms with Crippen LogP contribution in [0.15, 0.2) is 54.6 Å². The smallest absolute Gasteiger partial charge is 0.417 e. The highest BCUT2D eigenvalue weighted by Gasteiger charge is 2.36. The number of anilines is 1. The van der Waals surface area contributed by atoms with Gasteiger partial charge in [-0.25, -0.2) is 9.18 Å². The molecule has 0 aliphatic heterocycles. The van der Waals surface area contributed by atoms with Crippen LogP contribution >= 0.6 is 11.6 Å². The number of nitrogens with one attached hydrogen (secondary N) is 2. The molecule has 0 aromatic heterocycles. The molecule has 196 valence electrons. The van der Waals surface area contributed by atoms with Crippen molar-refractivity contribution in [2.24, 2.45) is 0 Å². The summed E-state index contributed by atoms with van der Waals surface area (Å²) in [5, 5.41) is 19.9. The van der Waals surface area contributed by atoms with Gasteiger partial charge in [-0.1, -0.05) is 29.5 Å². The number of carbonyl (C=O) groups excluding carboxylic acids is 2. The summed E-state index contributed by atoms with van der Waals surface area (Å²) in [5.74, 6) is 2.16. The number of ether oxygens (including phenoxy) is 1. The number of alkyl halides is 3. The number of halogens is 5. The van der Waals surface area contributed by atoms with Crippen molar-refractivity contribution in [3.05, 3.63) is 98.8 Å². The van der Waals surface area contributed by atoms with Gasteiger partial charge in [0.05, 0.1) is 40.2 Å². The zero-order valence-corrected chi connectivity index (χ0v) is 20.6. The Morgan fingerprint density at radius 2 is 1.79 bits per heavy atom. The minimum atomic E-state index is -4.89. The maximum atomic E-state index is 14.8. The Bertz CT molecular complexity index is 1490. The molecule has 0 aliphatic rings.